The summed E-state index contributed by atoms with van der Waals surface area (Å²) in [5, 5.41) is 0. The van der Waals surface area contributed by atoms with Gasteiger partial charge in [0.05, 0.1) is 14.2 Å². The topological polar surface area (TPSA) is 119 Å². The van der Waals surface area contributed by atoms with E-state index in [1.54, 1.807) is 12.1 Å². The van der Waals surface area contributed by atoms with Crippen molar-refractivity contribution in [2.45, 2.75) is 6.61 Å². The number of ether oxygens (including phenoxy) is 5. The second kappa shape index (κ2) is 9.77. The van der Waals surface area contributed by atoms with Gasteiger partial charge in [0.25, 0.3) is 5.91 Å². The molecule has 2 N–H and O–H groups in total. The van der Waals surface area contributed by atoms with Crippen LogP contribution in [0.15, 0.2) is 47.1 Å². The SMILES string of the molecule is COc1cc(/C=C2\N=C(c3ccc(OC(F)F)cc3)OC2=O)cc(OC)c1OCC(N)=O. The number of hydrogen-bond acceptors (Lipinski definition) is 8. The first-order valence-electron chi connectivity index (χ1n) is 9.05. The van der Waals surface area contributed by atoms with Gasteiger partial charge in [0, 0.05) is 5.56 Å². The summed E-state index contributed by atoms with van der Waals surface area (Å²) in [6, 6.07) is 8.57. The van der Waals surface area contributed by atoms with Crippen LogP contribution in [0.5, 0.6) is 23.0 Å². The van der Waals surface area contributed by atoms with E-state index < -0.39 is 18.5 Å². The molecule has 1 amide bonds. The van der Waals surface area contributed by atoms with Crippen molar-refractivity contribution in [3.05, 3.63) is 53.2 Å². The number of alkyl halides is 2. The number of cyclic esters (lactones) is 1. The molecule has 2 aromatic carbocycles. The number of amides is 1. The van der Waals surface area contributed by atoms with Gasteiger partial charge >= 0.3 is 12.6 Å². The number of carbonyl (C=O) groups excluding carboxylic acids is 2. The molecule has 2 aromatic rings. The lowest BCUT2D eigenvalue weighted by atomic mass is 10.1. The zero-order valence-corrected chi connectivity index (χ0v) is 17.0. The van der Waals surface area contributed by atoms with E-state index in [2.05, 4.69) is 9.73 Å². The fourth-order valence-corrected chi connectivity index (χ4v) is 2.74. The summed E-state index contributed by atoms with van der Waals surface area (Å²) in [5.41, 5.74) is 5.97. The molecular formula is C21H18F2N2O7. The molecule has 0 bridgehead atoms. The zero-order valence-electron chi connectivity index (χ0n) is 17.0. The number of halogens is 2. The third kappa shape index (κ3) is 5.31. The van der Waals surface area contributed by atoms with Crippen LogP contribution in [0.2, 0.25) is 0 Å². The molecule has 1 aliphatic heterocycles. The maximum atomic E-state index is 12.3. The lowest BCUT2D eigenvalue weighted by molar-refractivity contribution is -0.130. The molecule has 1 heterocycles. The van der Waals surface area contributed by atoms with Crippen LogP contribution in [-0.4, -0.2) is 45.2 Å². The summed E-state index contributed by atoms with van der Waals surface area (Å²) in [5.74, 6) is -0.775. The summed E-state index contributed by atoms with van der Waals surface area (Å²) < 4.78 is 49.9. The number of primary amides is 1. The van der Waals surface area contributed by atoms with Crippen molar-refractivity contribution in [1.29, 1.82) is 0 Å². The molecule has 11 heteroatoms. The molecule has 32 heavy (non-hydrogen) atoms. The molecule has 3 rings (SSSR count). The number of benzene rings is 2. The standard InChI is InChI=1S/C21H18F2N2O7/c1-28-15-8-11(9-16(29-2)18(15)30-10-17(24)26)7-14-20(27)32-19(25-14)12-3-5-13(6-4-12)31-21(22)23/h3-9,21H,10H2,1-2H3,(H2,24,26)/b14-7-. The Hall–Kier alpha value is -4.15. The van der Waals surface area contributed by atoms with Gasteiger partial charge in [-0.25, -0.2) is 9.79 Å². The molecule has 0 aliphatic carbocycles. The quantitative estimate of drug-likeness (QED) is 0.463. The molecule has 0 unspecified atom stereocenters. The van der Waals surface area contributed by atoms with Crippen molar-refractivity contribution < 1.29 is 42.1 Å². The van der Waals surface area contributed by atoms with Gasteiger partial charge < -0.3 is 29.4 Å². The Morgan fingerprint density at radius 3 is 2.31 bits per heavy atom. The third-order valence-electron chi connectivity index (χ3n) is 4.09. The van der Waals surface area contributed by atoms with Gasteiger partial charge in [-0.2, -0.15) is 8.78 Å². The van der Waals surface area contributed by atoms with E-state index in [0.717, 1.165) is 0 Å². The minimum Gasteiger partial charge on any atom is -0.493 e. The van der Waals surface area contributed by atoms with E-state index in [0.29, 0.717) is 11.1 Å². The van der Waals surface area contributed by atoms with E-state index in [-0.39, 0.29) is 41.2 Å². The van der Waals surface area contributed by atoms with E-state index in [4.69, 9.17) is 24.7 Å². The monoisotopic (exact) mass is 448 g/mol. The Labute approximate surface area is 181 Å². The molecule has 0 radical (unpaired) electrons. The minimum atomic E-state index is -2.95. The largest absolute Gasteiger partial charge is 0.493 e. The molecule has 0 saturated heterocycles. The summed E-state index contributed by atoms with van der Waals surface area (Å²) in [4.78, 5) is 27.4. The number of rotatable bonds is 9. The number of aliphatic imine (C=N–C) groups is 1. The van der Waals surface area contributed by atoms with Crippen LogP contribution in [0, 0.1) is 0 Å². The van der Waals surface area contributed by atoms with E-state index >= 15 is 0 Å². The Morgan fingerprint density at radius 2 is 1.78 bits per heavy atom. The molecule has 0 spiro atoms. The van der Waals surface area contributed by atoms with Crippen molar-refractivity contribution >= 4 is 23.9 Å². The van der Waals surface area contributed by atoms with Gasteiger partial charge in [-0.3, -0.25) is 4.79 Å². The third-order valence-corrected chi connectivity index (χ3v) is 4.09. The minimum absolute atomic E-state index is 0.00480. The zero-order chi connectivity index (χ0) is 23.3. The Morgan fingerprint density at radius 1 is 1.16 bits per heavy atom. The average molecular weight is 448 g/mol. The first-order chi connectivity index (χ1) is 15.3. The first-order valence-corrected chi connectivity index (χ1v) is 9.05. The van der Waals surface area contributed by atoms with E-state index in [1.807, 2.05) is 0 Å². The van der Waals surface area contributed by atoms with Gasteiger partial charge in [0.2, 0.25) is 11.6 Å². The van der Waals surface area contributed by atoms with Crippen molar-refractivity contribution in [3.8, 4) is 23.0 Å². The van der Waals surface area contributed by atoms with Gasteiger partial charge in [0.15, 0.2) is 23.8 Å². The van der Waals surface area contributed by atoms with Crippen LogP contribution in [0.4, 0.5) is 8.78 Å². The molecule has 9 nitrogen and oxygen atoms in total. The lowest BCUT2D eigenvalue weighted by Crippen LogP contribution is -2.20. The van der Waals surface area contributed by atoms with Crippen LogP contribution in [-0.2, 0) is 14.3 Å². The lowest BCUT2D eigenvalue weighted by Gasteiger charge is -2.14. The number of nitrogens with two attached hydrogens (primary N) is 1. The summed E-state index contributed by atoms with van der Waals surface area (Å²) in [7, 11) is 2.79. The smallest absolute Gasteiger partial charge is 0.387 e. The molecule has 168 valence electrons. The summed E-state index contributed by atoms with van der Waals surface area (Å²) in [6.45, 7) is -3.33. The number of hydrogen-bond donors (Lipinski definition) is 1. The number of methoxy groups -OCH3 is 2. The number of nitrogens with zero attached hydrogens (tertiary/aromatic N) is 1. The highest BCUT2D eigenvalue weighted by atomic mass is 19.3. The van der Waals surface area contributed by atoms with Crippen molar-refractivity contribution in [3.63, 3.8) is 0 Å². The second-order valence-electron chi connectivity index (χ2n) is 6.25. The van der Waals surface area contributed by atoms with Crippen molar-refractivity contribution in [1.82, 2.24) is 0 Å². The first kappa shape index (κ1) is 22.5. The highest BCUT2D eigenvalue weighted by Crippen LogP contribution is 2.39. The Bertz CT molecular complexity index is 1060. The van der Waals surface area contributed by atoms with Crippen LogP contribution < -0.4 is 24.7 Å². The Balaban J connectivity index is 1.89. The van der Waals surface area contributed by atoms with Gasteiger partial charge in [-0.15, -0.1) is 0 Å². The highest BCUT2D eigenvalue weighted by molar-refractivity contribution is 6.12. The molecule has 0 fully saturated rings. The molecule has 1 aliphatic rings. The predicted octanol–water partition coefficient (Wildman–Crippen LogP) is 2.51. The highest BCUT2D eigenvalue weighted by Gasteiger charge is 2.25. The number of carbonyl (C=O) groups is 2. The van der Waals surface area contributed by atoms with Gasteiger partial charge in [-0.05, 0) is 48.0 Å². The molecular weight excluding hydrogens is 430 g/mol. The number of esters is 1. The van der Waals surface area contributed by atoms with E-state index in [1.165, 1.54) is 44.6 Å². The predicted molar refractivity (Wildman–Crippen MR) is 108 cm³/mol. The van der Waals surface area contributed by atoms with Crippen LogP contribution in [0.3, 0.4) is 0 Å². The normalized spacial score (nSPS) is 14.2. The molecule has 0 saturated carbocycles. The fourth-order valence-electron chi connectivity index (χ4n) is 2.74. The van der Waals surface area contributed by atoms with Crippen molar-refractivity contribution in [2.75, 3.05) is 20.8 Å². The van der Waals surface area contributed by atoms with Crippen LogP contribution >= 0.6 is 0 Å². The Kier molecular flexibility index (Phi) is 6.88. The van der Waals surface area contributed by atoms with Gasteiger partial charge in [0.1, 0.15) is 5.75 Å². The molecule has 0 atom stereocenters. The maximum absolute atomic E-state index is 12.3. The summed E-state index contributed by atoms with van der Waals surface area (Å²) >= 11 is 0. The average Bonchev–Trinajstić information content (AvgIpc) is 3.12. The molecule has 0 aromatic heterocycles. The second-order valence-corrected chi connectivity index (χ2v) is 6.25. The van der Waals surface area contributed by atoms with Gasteiger partial charge in [-0.1, -0.05) is 0 Å². The van der Waals surface area contributed by atoms with Crippen molar-refractivity contribution in [2.24, 2.45) is 10.7 Å². The van der Waals surface area contributed by atoms with Crippen LogP contribution in [0.25, 0.3) is 6.08 Å². The van der Waals surface area contributed by atoms with E-state index in [9.17, 15) is 18.4 Å². The van der Waals surface area contributed by atoms with Crippen LogP contribution in [0.1, 0.15) is 11.1 Å². The maximum Gasteiger partial charge on any atom is 0.387 e. The summed E-state index contributed by atoms with van der Waals surface area (Å²) in [6.07, 6.45) is 1.44. The fraction of sp³-hybridized carbons (Fsp3) is 0.190.